The van der Waals surface area contributed by atoms with Crippen LogP contribution >= 0.6 is 0 Å². The largest absolute Gasteiger partial charge is 0.394 e. The molecular formula is C14H29NO3. The molecule has 0 bridgehead atoms. The molecule has 1 rings (SSSR count). The van der Waals surface area contributed by atoms with Gasteiger partial charge in [0.25, 0.3) is 0 Å². The molecule has 0 aromatic rings. The van der Waals surface area contributed by atoms with E-state index in [1.54, 1.807) is 7.11 Å². The first-order valence-electron chi connectivity index (χ1n) is 7.15. The maximum absolute atomic E-state index is 9.69. The van der Waals surface area contributed by atoms with E-state index in [2.05, 4.69) is 12.2 Å². The summed E-state index contributed by atoms with van der Waals surface area (Å²) in [5.41, 5.74) is -0.0669. The number of ether oxygens (including phenoxy) is 2. The smallest absolute Gasteiger partial charge is 0.0780 e. The number of aliphatic hydroxyl groups excluding tert-OH is 1. The molecule has 0 aromatic heterocycles. The van der Waals surface area contributed by atoms with Gasteiger partial charge in [0.1, 0.15) is 0 Å². The number of hydrogen-bond donors (Lipinski definition) is 2. The van der Waals surface area contributed by atoms with Gasteiger partial charge in [-0.05, 0) is 38.6 Å². The van der Waals surface area contributed by atoms with E-state index in [0.717, 1.165) is 26.0 Å². The molecule has 0 amide bonds. The van der Waals surface area contributed by atoms with Crippen LogP contribution in [-0.2, 0) is 9.47 Å². The molecule has 0 radical (unpaired) electrons. The summed E-state index contributed by atoms with van der Waals surface area (Å²) in [5, 5.41) is 13.2. The highest BCUT2D eigenvalue weighted by Gasteiger charge is 2.41. The quantitative estimate of drug-likeness (QED) is 0.660. The summed E-state index contributed by atoms with van der Waals surface area (Å²) in [6.07, 6.45) is 4.64. The van der Waals surface area contributed by atoms with Crippen molar-refractivity contribution >= 4 is 0 Å². The van der Waals surface area contributed by atoms with Crippen molar-refractivity contribution in [1.29, 1.82) is 0 Å². The highest BCUT2D eigenvalue weighted by atomic mass is 16.5. The Balaban J connectivity index is 2.35. The highest BCUT2D eigenvalue weighted by Crippen LogP contribution is 2.37. The van der Waals surface area contributed by atoms with Gasteiger partial charge in [0.05, 0.1) is 19.3 Å². The van der Waals surface area contributed by atoms with Crippen LogP contribution in [-0.4, -0.2) is 50.2 Å². The van der Waals surface area contributed by atoms with Crippen molar-refractivity contribution in [1.82, 2.24) is 5.32 Å². The average molecular weight is 259 g/mol. The monoisotopic (exact) mass is 259 g/mol. The zero-order valence-electron chi connectivity index (χ0n) is 12.1. The Labute approximate surface area is 111 Å². The van der Waals surface area contributed by atoms with Crippen LogP contribution in [0.15, 0.2) is 0 Å². The summed E-state index contributed by atoms with van der Waals surface area (Å²) in [6, 6.07) is 0. The molecule has 18 heavy (non-hydrogen) atoms. The van der Waals surface area contributed by atoms with Crippen molar-refractivity contribution in [2.24, 2.45) is 5.92 Å². The maximum Gasteiger partial charge on any atom is 0.0780 e. The van der Waals surface area contributed by atoms with E-state index in [1.807, 2.05) is 6.92 Å². The van der Waals surface area contributed by atoms with E-state index in [1.165, 1.54) is 12.8 Å². The van der Waals surface area contributed by atoms with Gasteiger partial charge in [-0.3, -0.25) is 0 Å². The highest BCUT2D eigenvalue weighted by molar-refractivity contribution is 4.98. The van der Waals surface area contributed by atoms with Gasteiger partial charge in [-0.25, -0.2) is 0 Å². The molecule has 0 heterocycles. The van der Waals surface area contributed by atoms with Crippen LogP contribution in [0.25, 0.3) is 0 Å². The molecule has 4 heteroatoms. The summed E-state index contributed by atoms with van der Waals surface area (Å²) in [6.45, 7) is 6.67. The molecule has 2 N–H and O–H groups in total. The van der Waals surface area contributed by atoms with E-state index < -0.39 is 0 Å². The minimum Gasteiger partial charge on any atom is -0.394 e. The lowest BCUT2D eigenvalue weighted by atomic mass is 9.85. The number of aliphatic hydroxyl groups is 1. The first-order chi connectivity index (χ1) is 8.68. The number of nitrogens with one attached hydrogen (secondary N) is 1. The third kappa shape index (κ3) is 4.19. The Hall–Kier alpha value is -0.160. The Bertz CT molecular complexity index is 225. The predicted molar refractivity (Wildman–Crippen MR) is 72.7 cm³/mol. The van der Waals surface area contributed by atoms with Crippen LogP contribution in [0.5, 0.6) is 0 Å². The molecule has 0 aliphatic heterocycles. The Kier molecular flexibility index (Phi) is 7.15. The summed E-state index contributed by atoms with van der Waals surface area (Å²) in [5.74, 6) is 0.525. The molecule has 3 atom stereocenters. The van der Waals surface area contributed by atoms with Crippen LogP contribution < -0.4 is 5.32 Å². The summed E-state index contributed by atoms with van der Waals surface area (Å²) < 4.78 is 10.8. The fraction of sp³-hybridized carbons (Fsp3) is 1.00. The first-order valence-corrected chi connectivity index (χ1v) is 7.15. The maximum atomic E-state index is 9.69. The summed E-state index contributed by atoms with van der Waals surface area (Å²) >= 11 is 0. The van der Waals surface area contributed by atoms with E-state index in [4.69, 9.17) is 9.47 Å². The van der Waals surface area contributed by atoms with Gasteiger partial charge >= 0.3 is 0 Å². The van der Waals surface area contributed by atoms with Crippen LogP contribution in [0.4, 0.5) is 0 Å². The topological polar surface area (TPSA) is 50.7 Å². The second-order valence-electron chi connectivity index (χ2n) is 5.36. The van der Waals surface area contributed by atoms with Gasteiger partial charge in [-0.15, -0.1) is 0 Å². The lowest BCUT2D eigenvalue weighted by Gasteiger charge is -2.35. The second-order valence-corrected chi connectivity index (χ2v) is 5.36. The van der Waals surface area contributed by atoms with E-state index in [-0.39, 0.29) is 18.2 Å². The minimum atomic E-state index is -0.0669. The number of rotatable bonds is 9. The molecule has 1 saturated carbocycles. The Morgan fingerprint density at radius 2 is 2.28 bits per heavy atom. The summed E-state index contributed by atoms with van der Waals surface area (Å²) in [7, 11) is 1.69. The van der Waals surface area contributed by atoms with Crippen molar-refractivity contribution in [3.8, 4) is 0 Å². The van der Waals surface area contributed by atoms with Gasteiger partial charge in [0, 0.05) is 19.3 Å². The van der Waals surface area contributed by atoms with Crippen molar-refractivity contribution < 1.29 is 14.6 Å². The number of hydrogen-bond acceptors (Lipinski definition) is 4. The Morgan fingerprint density at radius 1 is 1.50 bits per heavy atom. The van der Waals surface area contributed by atoms with Gasteiger partial charge < -0.3 is 19.9 Å². The fourth-order valence-electron chi connectivity index (χ4n) is 3.11. The van der Waals surface area contributed by atoms with E-state index in [0.29, 0.717) is 12.5 Å². The van der Waals surface area contributed by atoms with E-state index >= 15 is 0 Å². The molecule has 1 aliphatic carbocycles. The van der Waals surface area contributed by atoms with Crippen molar-refractivity contribution in [3.63, 3.8) is 0 Å². The average Bonchev–Trinajstić information content (AvgIpc) is 2.74. The molecule has 1 aliphatic rings. The Morgan fingerprint density at radius 3 is 2.89 bits per heavy atom. The van der Waals surface area contributed by atoms with E-state index in [9.17, 15) is 5.11 Å². The normalized spacial score (nSPS) is 29.7. The molecule has 0 spiro atoms. The minimum absolute atomic E-state index is 0.0669. The molecule has 0 saturated heterocycles. The third-order valence-electron chi connectivity index (χ3n) is 4.04. The van der Waals surface area contributed by atoms with Crippen LogP contribution in [0.2, 0.25) is 0 Å². The third-order valence-corrected chi connectivity index (χ3v) is 4.04. The van der Waals surface area contributed by atoms with Gasteiger partial charge in [0.15, 0.2) is 0 Å². The summed E-state index contributed by atoms with van der Waals surface area (Å²) in [4.78, 5) is 0. The molecular weight excluding hydrogens is 230 g/mol. The lowest BCUT2D eigenvalue weighted by Crippen LogP contribution is -2.51. The molecule has 4 nitrogen and oxygen atoms in total. The predicted octanol–water partition coefficient (Wildman–Crippen LogP) is 1.57. The van der Waals surface area contributed by atoms with Gasteiger partial charge in [-0.2, -0.15) is 0 Å². The van der Waals surface area contributed by atoms with Crippen LogP contribution in [0, 0.1) is 5.92 Å². The number of methoxy groups -OCH3 is 1. The SMILES string of the molecule is CCNC1(CO)CCCC1CCOC(C)COC. The molecule has 3 unspecified atom stereocenters. The fourth-order valence-corrected chi connectivity index (χ4v) is 3.11. The van der Waals surface area contributed by atoms with Crippen molar-refractivity contribution in [2.45, 2.75) is 51.2 Å². The molecule has 108 valence electrons. The van der Waals surface area contributed by atoms with Gasteiger partial charge in [0.2, 0.25) is 0 Å². The van der Waals surface area contributed by atoms with Gasteiger partial charge in [-0.1, -0.05) is 13.3 Å². The first kappa shape index (κ1) is 15.9. The van der Waals surface area contributed by atoms with Crippen molar-refractivity contribution in [2.75, 3.05) is 33.5 Å². The molecule has 1 fully saturated rings. The standard InChI is InChI=1S/C14H29NO3/c1-4-15-14(11-16)8-5-6-13(14)7-9-18-12(2)10-17-3/h12-13,15-16H,4-11H2,1-3H3. The second kappa shape index (κ2) is 8.10. The molecule has 0 aromatic carbocycles. The van der Waals surface area contributed by atoms with Crippen molar-refractivity contribution in [3.05, 3.63) is 0 Å². The van der Waals surface area contributed by atoms with Crippen LogP contribution in [0.3, 0.4) is 0 Å². The zero-order valence-corrected chi connectivity index (χ0v) is 12.1. The van der Waals surface area contributed by atoms with Crippen LogP contribution in [0.1, 0.15) is 39.5 Å². The number of likely N-dealkylation sites (N-methyl/N-ethyl adjacent to an activating group) is 1. The zero-order chi connectivity index (χ0) is 13.4. The lowest BCUT2D eigenvalue weighted by molar-refractivity contribution is -0.00227.